The first kappa shape index (κ1) is 12.9. The van der Waals surface area contributed by atoms with Crippen LogP contribution in [-0.2, 0) is 9.47 Å². The highest BCUT2D eigenvalue weighted by Crippen LogP contribution is 2.45. The summed E-state index contributed by atoms with van der Waals surface area (Å²) in [6.45, 7) is 3.05. The van der Waals surface area contributed by atoms with E-state index in [-0.39, 0.29) is 5.60 Å². The minimum Gasteiger partial charge on any atom is -0.375 e. The maximum atomic E-state index is 6.00. The SMILES string of the molecule is CC1CCC(C(NN)C2CCOC3(CCC3)C2)O1. The van der Waals surface area contributed by atoms with Crippen LogP contribution in [0.15, 0.2) is 0 Å². The minimum atomic E-state index is 0.197. The van der Waals surface area contributed by atoms with E-state index in [1.54, 1.807) is 0 Å². The lowest BCUT2D eigenvalue weighted by molar-refractivity contribution is -0.152. The van der Waals surface area contributed by atoms with Gasteiger partial charge >= 0.3 is 0 Å². The standard InChI is InChI=1S/C14H26N2O2/c1-10-3-4-12(18-10)13(16-15)11-5-8-17-14(9-11)6-2-7-14/h10-13,16H,2-9,15H2,1H3. The van der Waals surface area contributed by atoms with Gasteiger partial charge in [0.1, 0.15) is 0 Å². The molecule has 2 heterocycles. The number of hydrogen-bond donors (Lipinski definition) is 2. The summed E-state index contributed by atoms with van der Waals surface area (Å²) in [5, 5.41) is 0. The second-order valence-electron chi connectivity index (χ2n) is 6.39. The second kappa shape index (κ2) is 5.08. The van der Waals surface area contributed by atoms with Crippen molar-refractivity contribution in [3.8, 4) is 0 Å². The second-order valence-corrected chi connectivity index (χ2v) is 6.39. The zero-order valence-electron chi connectivity index (χ0n) is 11.4. The number of rotatable bonds is 3. The number of nitrogens with two attached hydrogens (primary N) is 1. The van der Waals surface area contributed by atoms with Gasteiger partial charge in [0.2, 0.25) is 0 Å². The Bertz CT molecular complexity index is 294. The van der Waals surface area contributed by atoms with Crippen molar-refractivity contribution in [1.29, 1.82) is 0 Å². The Morgan fingerprint density at radius 3 is 2.67 bits per heavy atom. The summed E-state index contributed by atoms with van der Waals surface area (Å²) in [5.74, 6) is 6.42. The monoisotopic (exact) mass is 254 g/mol. The molecule has 4 unspecified atom stereocenters. The molecule has 104 valence electrons. The highest BCUT2D eigenvalue weighted by Gasteiger charge is 2.46. The minimum absolute atomic E-state index is 0.197. The van der Waals surface area contributed by atoms with Crippen molar-refractivity contribution in [2.24, 2.45) is 11.8 Å². The first-order valence-electron chi connectivity index (χ1n) is 7.48. The Labute approximate surface area is 110 Å². The lowest BCUT2D eigenvalue weighted by Gasteiger charge is -2.49. The fraction of sp³-hybridized carbons (Fsp3) is 1.00. The van der Waals surface area contributed by atoms with Gasteiger partial charge in [-0.25, -0.2) is 0 Å². The molecule has 3 rings (SSSR count). The molecule has 0 radical (unpaired) electrons. The smallest absolute Gasteiger partial charge is 0.0748 e. The summed E-state index contributed by atoms with van der Waals surface area (Å²) in [4.78, 5) is 0. The summed E-state index contributed by atoms with van der Waals surface area (Å²) < 4.78 is 12.0. The average Bonchev–Trinajstić information content (AvgIpc) is 2.75. The molecule has 4 atom stereocenters. The van der Waals surface area contributed by atoms with Crippen LogP contribution < -0.4 is 11.3 Å². The van der Waals surface area contributed by atoms with Crippen molar-refractivity contribution < 1.29 is 9.47 Å². The van der Waals surface area contributed by atoms with Crippen LogP contribution in [0.1, 0.15) is 51.9 Å². The predicted molar refractivity (Wildman–Crippen MR) is 69.9 cm³/mol. The molecule has 1 saturated carbocycles. The maximum absolute atomic E-state index is 6.00. The van der Waals surface area contributed by atoms with E-state index in [4.69, 9.17) is 15.3 Å². The normalized spacial score (nSPS) is 40.7. The molecule has 18 heavy (non-hydrogen) atoms. The molecular weight excluding hydrogens is 228 g/mol. The quantitative estimate of drug-likeness (QED) is 0.595. The van der Waals surface area contributed by atoms with Gasteiger partial charge in [-0.2, -0.15) is 0 Å². The molecule has 2 aliphatic heterocycles. The van der Waals surface area contributed by atoms with E-state index in [9.17, 15) is 0 Å². The molecule has 0 aromatic rings. The van der Waals surface area contributed by atoms with E-state index < -0.39 is 0 Å². The maximum Gasteiger partial charge on any atom is 0.0748 e. The highest BCUT2D eigenvalue weighted by molar-refractivity contribution is 4.98. The van der Waals surface area contributed by atoms with E-state index in [0.29, 0.717) is 24.2 Å². The third-order valence-electron chi connectivity index (χ3n) is 5.16. The fourth-order valence-corrected chi connectivity index (χ4v) is 3.94. The van der Waals surface area contributed by atoms with Crippen LogP contribution in [0.25, 0.3) is 0 Å². The molecule has 3 N–H and O–H groups in total. The first-order chi connectivity index (χ1) is 8.72. The van der Waals surface area contributed by atoms with Crippen LogP contribution in [0, 0.1) is 5.92 Å². The van der Waals surface area contributed by atoms with Crippen LogP contribution >= 0.6 is 0 Å². The Kier molecular flexibility index (Phi) is 3.63. The van der Waals surface area contributed by atoms with Crippen molar-refractivity contribution in [3.05, 3.63) is 0 Å². The fourth-order valence-electron chi connectivity index (χ4n) is 3.94. The van der Waals surface area contributed by atoms with Gasteiger partial charge in [0.25, 0.3) is 0 Å². The number of hydrogen-bond acceptors (Lipinski definition) is 4. The molecule has 0 aromatic carbocycles. The Morgan fingerprint density at radius 2 is 2.11 bits per heavy atom. The molecule has 0 aromatic heterocycles. The van der Waals surface area contributed by atoms with E-state index in [0.717, 1.165) is 32.3 Å². The van der Waals surface area contributed by atoms with E-state index in [1.807, 2.05) is 0 Å². The molecule has 0 amide bonds. The van der Waals surface area contributed by atoms with Crippen molar-refractivity contribution >= 4 is 0 Å². The van der Waals surface area contributed by atoms with Crippen molar-refractivity contribution in [1.82, 2.24) is 5.43 Å². The molecule has 1 aliphatic carbocycles. The molecule has 4 nitrogen and oxygen atoms in total. The Balaban J connectivity index is 1.64. The average molecular weight is 254 g/mol. The van der Waals surface area contributed by atoms with Gasteiger partial charge in [0, 0.05) is 6.61 Å². The first-order valence-corrected chi connectivity index (χ1v) is 7.48. The van der Waals surface area contributed by atoms with Crippen molar-refractivity contribution in [3.63, 3.8) is 0 Å². The Morgan fingerprint density at radius 1 is 1.28 bits per heavy atom. The van der Waals surface area contributed by atoms with Gasteiger partial charge in [0.05, 0.1) is 23.9 Å². The lowest BCUT2D eigenvalue weighted by Crippen LogP contribution is -2.55. The third kappa shape index (κ3) is 2.31. The molecular formula is C14H26N2O2. The molecule has 0 bridgehead atoms. The zero-order valence-corrected chi connectivity index (χ0v) is 11.4. The van der Waals surface area contributed by atoms with Gasteiger partial charge in [-0.05, 0) is 57.8 Å². The summed E-state index contributed by atoms with van der Waals surface area (Å²) in [6, 6.07) is 0.302. The van der Waals surface area contributed by atoms with Crippen LogP contribution in [0.5, 0.6) is 0 Å². The van der Waals surface area contributed by atoms with Crippen LogP contribution in [0.3, 0.4) is 0 Å². The highest BCUT2D eigenvalue weighted by atomic mass is 16.5. The van der Waals surface area contributed by atoms with E-state index in [2.05, 4.69) is 12.3 Å². The predicted octanol–water partition coefficient (Wildman–Crippen LogP) is 1.74. The number of hydrazine groups is 1. The van der Waals surface area contributed by atoms with Gasteiger partial charge in [0.15, 0.2) is 0 Å². The molecule has 2 saturated heterocycles. The van der Waals surface area contributed by atoms with Crippen LogP contribution in [0.2, 0.25) is 0 Å². The van der Waals surface area contributed by atoms with Crippen LogP contribution in [0.4, 0.5) is 0 Å². The van der Waals surface area contributed by atoms with Gasteiger partial charge in [-0.1, -0.05) is 0 Å². The van der Waals surface area contributed by atoms with Gasteiger partial charge in [-0.3, -0.25) is 11.3 Å². The van der Waals surface area contributed by atoms with Gasteiger partial charge in [-0.15, -0.1) is 0 Å². The summed E-state index contributed by atoms with van der Waals surface area (Å²) in [7, 11) is 0. The molecule has 3 fully saturated rings. The molecule has 3 aliphatic rings. The van der Waals surface area contributed by atoms with Crippen molar-refractivity contribution in [2.75, 3.05) is 6.61 Å². The summed E-state index contributed by atoms with van der Waals surface area (Å²) >= 11 is 0. The molecule has 1 spiro atoms. The molecule has 4 heteroatoms. The van der Waals surface area contributed by atoms with E-state index in [1.165, 1.54) is 19.3 Å². The summed E-state index contributed by atoms with van der Waals surface area (Å²) in [6.07, 6.45) is 9.07. The number of nitrogens with one attached hydrogen (secondary N) is 1. The van der Waals surface area contributed by atoms with Crippen molar-refractivity contribution in [2.45, 2.75) is 75.7 Å². The largest absolute Gasteiger partial charge is 0.375 e. The lowest BCUT2D eigenvalue weighted by atomic mass is 9.70. The Hall–Kier alpha value is -0.160. The van der Waals surface area contributed by atoms with Gasteiger partial charge < -0.3 is 9.47 Å². The van der Waals surface area contributed by atoms with Crippen LogP contribution in [-0.4, -0.2) is 30.5 Å². The van der Waals surface area contributed by atoms with E-state index >= 15 is 0 Å². The number of ether oxygens (including phenoxy) is 2. The summed E-state index contributed by atoms with van der Waals surface area (Å²) in [5.41, 5.74) is 3.24. The topological polar surface area (TPSA) is 56.5 Å². The third-order valence-corrected chi connectivity index (χ3v) is 5.16. The zero-order chi connectivity index (χ0) is 12.6.